The van der Waals surface area contributed by atoms with E-state index in [1.54, 1.807) is 12.1 Å². The molecule has 41 heavy (non-hydrogen) atoms. The normalized spacial score (nSPS) is 14.1. The molecule has 0 aromatic heterocycles. The number of urea groups is 1. The highest BCUT2D eigenvalue weighted by atomic mass is 16.2. The maximum atomic E-state index is 13.5. The summed E-state index contributed by atoms with van der Waals surface area (Å²) in [5, 5.41) is 5.82. The van der Waals surface area contributed by atoms with Gasteiger partial charge in [-0.1, -0.05) is 105 Å². The number of piperidine rings is 1. The average Bonchev–Trinajstić information content (AvgIpc) is 3.01. The SMILES string of the molecule is CCCCCCCNC(=O)Nc1ccccc1C(=O)N(C)CC1CCN(C(c2ccccc2)c2ccccc2)CC1. The number of hydrogen-bond acceptors (Lipinski definition) is 3. The summed E-state index contributed by atoms with van der Waals surface area (Å²) in [6, 6.07) is 28.7. The number of amides is 3. The molecule has 4 rings (SSSR count). The van der Waals surface area contributed by atoms with Crippen molar-refractivity contribution >= 4 is 17.6 Å². The number of unbranched alkanes of at least 4 members (excludes halogenated alkanes) is 4. The Balaban J connectivity index is 1.30. The van der Waals surface area contributed by atoms with E-state index in [9.17, 15) is 9.59 Å². The second-order valence-electron chi connectivity index (χ2n) is 11.2. The number of hydrogen-bond donors (Lipinski definition) is 2. The molecule has 0 radical (unpaired) electrons. The number of rotatable bonds is 13. The van der Waals surface area contributed by atoms with E-state index in [0.717, 1.165) is 38.8 Å². The summed E-state index contributed by atoms with van der Waals surface area (Å²) in [5.74, 6) is 0.373. The third-order valence-corrected chi connectivity index (χ3v) is 8.10. The summed E-state index contributed by atoms with van der Waals surface area (Å²) in [6.07, 6.45) is 7.79. The molecule has 1 saturated heterocycles. The monoisotopic (exact) mass is 554 g/mol. The van der Waals surface area contributed by atoms with Crippen LogP contribution >= 0.6 is 0 Å². The Morgan fingerprint density at radius 1 is 0.829 bits per heavy atom. The summed E-state index contributed by atoms with van der Waals surface area (Å²) >= 11 is 0. The molecule has 1 aliphatic rings. The molecule has 1 fully saturated rings. The van der Waals surface area contributed by atoms with Gasteiger partial charge < -0.3 is 15.5 Å². The molecule has 1 heterocycles. The van der Waals surface area contributed by atoms with Gasteiger partial charge in [0.2, 0.25) is 0 Å². The van der Waals surface area contributed by atoms with Crippen molar-refractivity contribution in [3.63, 3.8) is 0 Å². The van der Waals surface area contributed by atoms with Crippen molar-refractivity contribution in [1.82, 2.24) is 15.1 Å². The molecule has 0 atom stereocenters. The van der Waals surface area contributed by atoms with E-state index in [4.69, 9.17) is 0 Å². The van der Waals surface area contributed by atoms with Gasteiger partial charge in [0.1, 0.15) is 0 Å². The van der Waals surface area contributed by atoms with Crippen molar-refractivity contribution in [2.45, 2.75) is 57.9 Å². The second-order valence-corrected chi connectivity index (χ2v) is 11.2. The highest BCUT2D eigenvalue weighted by molar-refractivity contribution is 6.03. The largest absolute Gasteiger partial charge is 0.341 e. The smallest absolute Gasteiger partial charge is 0.319 e. The molecule has 3 aromatic carbocycles. The molecule has 0 saturated carbocycles. The van der Waals surface area contributed by atoms with Gasteiger partial charge in [-0.2, -0.15) is 0 Å². The van der Waals surface area contributed by atoms with Crippen LogP contribution in [-0.4, -0.2) is 55.0 Å². The molecule has 0 aliphatic carbocycles. The van der Waals surface area contributed by atoms with Crippen molar-refractivity contribution in [3.8, 4) is 0 Å². The highest BCUT2D eigenvalue weighted by Gasteiger charge is 2.29. The maximum Gasteiger partial charge on any atom is 0.319 e. The van der Waals surface area contributed by atoms with E-state index in [1.165, 1.54) is 30.4 Å². The van der Waals surface area contributed by atoms with Gasteiger partial charge in [-0.3, -0.25) is 9.69 Å². The van der Waals surface area contributed by atoms with E-state index < -0.39 is 0 Å². The zero-order valence-electron chi connectivity index (χ0n) is 24.7. The van der Waals surface area contributed by atoms with Crippen LogP contribution < -0.4 is 10.6 Å². The van der Waals surface area contributed by atoms with Gasteiger partial charge in [0.25, 0.3) is 5.91 Å². The molecule has 2 N–H and O–H groups in total. The van der Waals surface area contributed by atoms with E-state index in [0.29, 0.717) is 30.3 Å². The number of benzene rings is 3. The zero-order valence-corrected chi connectivity index (χ0v) is 24.7. The van der Waals surface area contributed by atoms with Crippen molar-refractivity contribution < 1.29 is 9.59 Å². The van der Waals surface area contributed by atoms with E-state index in [2.05, 4.69) is 83.1 Å². The van der Waals surface area contributed by atoms with Gasteiger partial charge in [0.15, 0.2) is 0 Å². The third kappa shape index (κ3) is 8.92. The van der Waals surface area contributed by atoms with Crippen molar-refractivity contribution in [1.29, 1.82) is 0 Å². The van der Waals surface area contributed by atoms with Crippen LogP contribution in [0.15, 0.2) is 84.9 Å². The fraction of sp³-hybridized carbons (Fsp3) is 0.429. The number of nitrogens with one attached hydrogen (secondary N) is 2. The summed E-state index contributed by atoms with van der Waals surface area (Å²) < 4.78 is 0. The number of likely N-dealkylation sites (tertiary alicyclic amines) is 1. The lowest BCUT2D eigenvalue weighted by Crippen LogP contribution is -2.41. The van der Waals surface area contributed by atoms with Crippen LogP contribution in [0, 0.1) is 5.92 Å². The number of nitrogens with zero attached hydrogens (tertiary/aromatic N) is 2. The quantitative estimate of drug-likeness (QED) is 0.217. The molecule has 3 amide bonds. The minimum atomic E-state index is -0.262. The first-order chi connectivity index (χ1) is 20.1. The van der Waals surface area contributed by atoms with Gasteiger partial charge in [-0.25, -0.2) is 4.79 Å². The fourth-order valence-electron chi connectivity index (χ4n) is 5.83. The average molecular weight is 555 g/mol. The molecule has 0 spiro atoms. The Bertz CT molecular complexity index is 1170. The lowest BCUT2D eigenvalue weighted by molar-refractivity contribution is 0.0728. The van der Waals surface area contributed by atoms with Gasteiger partial charge in [-0.15, -0.1) is 0 Å². The van der Waals surface area contributed by atoms with Crippen LogP contribution in [0.3, 0.4) is 0 Å². The predicted octanol–water partition coefficient (Wildman–Crippen LogP) is 7.35. The first-order valence-corrected chi connectivity index (χ1v) is 15.3. The summed E-state index contributed by atoms with van der Waals surface area (Å²) in [5.41, 5.74) is 3.71. The van der Waals surface area contributed by atoms with E-state index in [1.807, 2.05) is 24.1 Å². The van der Waals surface area contributed by atoms with Gasteiger partial charge in [0, 0.05) is 20.1 Å². The van der Waals surface area contributed by atoms with Crippen molar-refractivity contribution in [2.24, 2.45) is 5.92 Å². The minimum Gasteiger partial charge on any atom is -0.341 e. The Morgan fingerprint density at radius 3 is 2.05 bits per heavy atom. The first-order valence-electron chi connectivity index (χ1n) is 15.3. The number of carbonyl (C=O) groups excluding carboxylic acids is 2. The van der Waals surface area contributed by atoms with Crippen molar-refractivity contribution in [2.75, 3.05) is 38.5 Å². The Labute approximate surface area is 246 Å². The van der Waals surface area contributed by atoms with Gasteiger partial charge >= 0.3 is 6.03 Å². The second kappa shape index (κ2) is 16.0. The Morgan fingerprint density at radius 2 is 1.41 bits per heavy atom. The molecular weight excluding hydrogens is 508 g/mol. The molecule has 6 nitrogen and oxygen atoms in total. The molecular formula is C35H46N4O2. The highest BCUT2D eigenvalue weighted by Crippen LogP contribution is 2.32. The topological polar surface area (TPSA) is 64.7 Å². The van der Waals surface area contributed by atoms with Crippen LogP contribution in [0.4, 0.5) is 10.5 Å². The molecule has 218 valence electrons. The lowest BCUT2D eigenvalue weighted by Gasteiger charge is -2.39. The minimum absolute atomic E-state index is 0.0608. The van der Waals surface area contributed by atoms with Crippen LogP contribution in [0.5, 0.6) is 0 Å². The molecule has 0 bridgehead atoms. The molecule has 0 unspecified atom stereocenters. The standard InChI is InChI=1S/C35H46N4O2/c1-3-4-5-6-15-24-36-35(41)37-32-21-14-13-20-31(32)34(40)38(2)27-28-22-25-39(26-23-28)33(29-16-9-7-10-17-29)30-18-11-8-12-19-30/h7-14,16-21,28,33H,3-6,15,22-27H2,1-2H3,(H2,36,37,41). The summed E-state index contributed by atoms with van der Waals surface area (Å²) in [7, 11) is 1.87. The van der Waals surface area contributed by atoms with Crippen LogP contribution in [0.1, 0.15) is 79.4 Å². The van der Waals surface area contributed by atoms with Crippen LogP contribution in [0.25, 0.3) is 0 Å². The fourth-order valence-corrected chi connectivity index (χ4v) is 5.83. The Kier molecular flexibility index (Phi) is 11.8. The molecule has 3 aromatic rings. The molecule has 1 aliphatic heterocycles. The first kappa shape index (κ1) is 30.3. The van der Waals surface area contributed by atoms with Gasteiger partial charge in [-0.05, 0) is 61.5 Å². The van der Waals surface area contributed by atoms with E-state index >= 15 is 0 Å². The maximum absolute atomic E-state index is 13.5. The van der Waals surface area contributed by atoms with Crippen LogP contribution in [-0.2, 0) is 0 Å². The van der Waals surface area contributed by atoms with Crippen molar-refractivity contribution in [3.05, 3.63) is 102 Å². The third-order valence-electron chi connectivity index (χ3n) is 8.10. The summed E-state index contributed by atoms with van der Waals surface area (Å²) in [4.78, 5) is 30.4. The van der Waals surface area contributed by atoms with E-state index in [-0.39, 0.29) is 18.0 Å². The molecule has 6 heteroatoms. The lowest BCUT2D eigenvalue weighted by atomic mass is 9.91. The van der Waals surface area contributed by atoms with Crippen LogP contribution in [0.2, 0.25) is 0 Å². The number of anilines is 1. The zero-order chi connectivity index (χ0) is 28.9. The number of carbonyl (C=O) groups is 2. The summed E-state index contributed by atoms with van der Waals surface area (Å²) in [6.45, 7) is 5.50. The number of para-hydroxylation sites is 1. The predicted molar refractivity (Wildman–Crippen MR) is 168 cm³/mol. The Hall–Kier alpha value is -3.64. The van der Waals surface area contributed by atoms with Gasteiger partial charge in [0.05, 0.1) is 17.3 Å².